The lowest BCUT2D eigenvalue weighted by Crippen LogP contribution is -2.32. The van der Waals surface area contributed by atoms with E-state index in [-0.39, 0.29) is 12.1 Å². The van der Waals surface area contributed by atoms with Crippen molar-refractivity contribution in [2.24, 2.45) is 0 Å². The molecular weight excluding hydrogens is 308 g/mol. The predicted octanol–water partition coefficient (Wildman–Crippen LogP) is 2.10. The van der Waals surface area contributed by atoms with Gasteiger partial charge in [-0.3, -0.25) is 9.59 Å². The van der Waals surface area contributed by atoms with Crippen LogP contribution in [0.25, 0.3) is 11.5 Å². The van der Waals surface area contributed by atoms with E-state index in [1.165, 1.54) is 12.3 Å². The monoisotopic (exact) mass is 324 g/mol. The number of aromatic nitrogens is 1. The van der Waals surface area contributed by atoms with Gasteiger partial charge < -0.3 is 19.8 Å². The van der Waals surface area contributed by atoms with Crippen LogP contribution < -0.4 is 10.9 Å². The summed E-state index contributed by atoms with van der Waals surface area (Å²) in [6.07, 6.45) is 0.663. The summed E-state index contributed by atoms with van der Waals surface area (Å²) < 4.78 is 5.20. The predicted molar refractivity (Wildman–Crippen MR) is 88.5 cm³/mol. The third-order valence-electron chi connectivity index (χ3n) is 3.58. The number of benzene rings is 1. The maximum absolute atomic E-state index is 12.1. The van der Waals surface area contributed by atoms with Gasteiger partial charge >= 0.3 is 0 Å². The summed E-state index contributed by atoms with van der Waals surface area (Å²) >= 11 is 0. The largest absolute Gasteiger partial charge is 0.463 e. The van der Waals surface area contributed by atoms with Crippen LogP contribution in [-0.2, 0) is 0 Å². The molecular formula is C18H16N2O4. The number of nitrogens with one attached hydrogen (secondary N) is 2. The Labute approximate surface area is 137 Å². The molecule has 2 heterocycles. The number of furan rings is 1. The van der Waals surface area contributed by atoms with Crippen molar-refractivity contribution in [1.82, 2.24) is 10.3 Å². The molecule has 0 bridgehead atoms. The van der Waals surface area contributed by atoms with E-state index >= 15 is 0 Å². The lowest BCUT2D eigenvalue weighted by atomic mass is 10.1. The van der Waals surface area contributed by atoms with Gasteiger partial charge in [0.15, 0.2) is 0 Å². The van der Waals surface area contributed by atoms with Crippen LogP contribution in [0.15, 0.2) is 70.1 Å². The van der Waals surface area contributed by atoms with E-state index in [1.807, 2.05) is 6.07 Å². The van der Waals surface area contributed by atoms with E-state index in [0.717, 1.165) is 0 Å². The van der Waals surface area contributed by atoms with E-state index in [0.29, 0.717) is 17.0 Å². The van der Waals surface area contributed by atoms with Crippen molar-refractivity contribution in [3.8, 4) is 11.5 Å². The molecule has 6 heteroatoms. The van der Waals surface area contributed by atoms with Gasteiger partial charge in [0.05, 0.1) is 18.1 Å². The number of hydrogen-bond acceptors (Lipinski definition) is 4. The van der Waals surface area contributed by atoms with E-state index in [2.05, 4.69) is 10.3 Å². The molecule has 122 valence electrons. The lowest BCUT2D eigenvalue weighted by molar-refractivity contribution is 0.0915. The highest BCUT2D eigenvalue weighted by Crippen LogP contribution is 2.15. The normalized spacial score (nSPS) is 11.9. The van der Waals surface area contributed by atoms with Gasteiger partial charge in [0, 0.05) is 6.54 Å². The summed E-state index contributed by atoms with van der Waals surface area (Å²) in [6, 6.07) is 15.4. The van der Waals surface area contributed by atoms with Crippen LogP contribution in [-0.4, -0.2) is 22.5 Å². The molecule has 0 saturated heterocycles. The fourth-order valence-electron chi connectivity index (χ4n) is 2.31. The van der Waals surface area contributed by atoms with Gasteiger partial charge in [0.1, 0.15) is 11.3 Å². The molecule has 1 amide bonds. The molecule has 0 saturated carbocycles. The summed E-state index contributed by atoms with van der Waals surface area (Å²) in [7, 11) is 0. The molecule has 2 aromatic heterocycles. The standard InChI is InChI=1S/C18H16N2O4/c21-15(12-5-2-1-3-6-12)11-19-17(22)13-8-9-14(20-18(13)23)16-7-4-10-24-16/h1-10,15,21H,11H2,(H,19,22)(H,20,23)/t15-/m0/s1. The lowest BCUT2D eigenvalue weighted by Gasteiger charge is -2.12. The topological polar surface area (TPSA) is 95.3 Å². The maximum Gasteiger partial charge on any atom is 0.261 e. The molecule has 0 aliphatic carbocycles. The number of rotatable bonds is 5. The van der Waals surface area contributed by atoms with Crippen molar-refractivity contribution in [3.63, 3.8) is 0 Å². The number of hydrogen-bond donors (Lipinski definition) is 3. The van der Waals surface area contributed by atoms with Crippen LogP contribution in [0.1, 0.15) is 22.0 Å². The third kappa shape index (κ3) is 3.44. The van der Waals surface area contributed by atoms with Gasteiger partial charge in [-0.15, -0.1) is 0 Å². The number of aliphatic hydroxyl groups is 1. The van der Waals surface area contributed by atoms with Crippen LogP contribution in [0, 0.1) is 0 Å². The number of carbonyl (C=O) groups is 1. The van der Waals surface area contributed by atoms with Crippen LogP contribution in [0.3, 0.4) is 0 Å². The Hall–Kier alpha value is -3.12. The molecule has 0 aliphatic heterocycles. The molecule has 24 heavy (non-hydrogen) atoms. The van der Waals surface area contributed by atoms with Crippen molar-refractivity contribution in [2.75, 3.05) is 6.54 Å². The molecule has 0 fully saturated rings. The second-order valence-corrected chi connectivity index (χ2v) is 5.23. The highest BCUT2D eigenvalue weighted by Gasteiger charge is 2.14. The van der Waals surface area contributed by atoms with Crippen molar-refractivity contribution in [2.45, 2.75) is 6.10 Å². The molecule has 3 rings (SSSR count). The summed E-state index contributed by atoms with van der Waals surface area (Å²) in [6.45, 7) is 0.0161. The van der Waals surface area contributed by atoms with Crippen LogP contribution in [0.2, 0.25) is 0 Å². The van der Waals surface area contributed by atoms with Crippen LogP contribution in [0.5, 0.6) is 0 Å². The smallest absolute Gasteiger partial charge is 0.261 e. The first-order chi connectivity index (χ1) is 11.6. The number of aromatic amines is 1. The Bertz CT molecular complexity index is 870. The zero-order valence-corrected chi connectivity index (χ0v) is 12.7. The molecule has 3 N–H and O–H groups in total. The van der Waals surface area contributed by atoms with Crippen molar-refractivity contribution in [3.05, 3.63) is 82.3 Å². The van der Waals surface area contributed by atoms with Crippen LogP contribution in [0.4, 0.5) is 0 Å². The zero-order valence-electron chi connectivity index (χ0n) is 12.7. The minimum absolute atomic E-state index is 0.0161. The van der Waals surface area contributed by atoms with E-state index in [9.17, 15) is 14.7 Å². The van der Waals surface area contributed by atoms with Gasteiger partial charge in [-0.2, -0.15) is 0 Å². The Kier molecular flexibility index (Phi) is 4.58. The first-order valence-corrected chi connectivity index (χ1v) is 7.43. The highest BCUT2D eigenvalue weighted by molar-refractivity contribution is 5.94. The van der Waals surface area contributed by atoms with Gasteiger partial charge in [0.2, 0.25) is 0 Å². The molecule has 0 aliphatic rings. The fraction of sp³-hybridized carbons (Fsp3) is 0.111. The first kappa shape index (κ1) is 15.8. The SMILES string of the molecule is O=C(NC[C@H](O)c1ccccc1)c1ccc(-c2ccco2)[nH]c1=O. The fourth-order valence-corrected chi connectivity index (χ4v) is 2.31. The van der Waals surface area contributed by atoms with Crippen molar-refractivity contribution < 1.29 is 14.3 Å². The molecule has 6 nitrogen and oxygen atoms in total. The van der Waals surface area contributed by atoms with E-state index in [1.54, 1.807) is 42.5 Å². The summed E-state index contributed by atoms with van der Waals surface area (Å²) in [5, 5.41) is 12.6. The Morgan fingerprint density at radius 1 is 1.12 bits per heavy atom. The number of H-pyrrole nitrogens is 1. The average molecular weight is 324 g/mol. The Balaban J connectivity index is 1.68. The first-order valence-electron chi connectivity index (χ1n) is 7.43. The summed E-state index contributed by atoms with van der Waals surface area (Å²) in [5.41, 5.74) is 0.645. The minimum atomic E-state index is -0.836. The minimum Gasteiger partial charge on any atom is -0.463 e. The Morgan fingerprint density at radius 3 is 2.58 bits per heavy atom. The van der Waals surface area contributed by atoms with E-state index < -0.39 is 17.6 Å². The molecule has 1 aromatic carbocycles. The second kappa shape index (κ2) is 6.97. The van der Waals surface area contributed by atoms with Gasteiger partial charge in [-0.25, -0.2) is 0 Å². The summed E-state index contributed by atoms with van der Waals surface area (Å²) in [5.74, 6) is -0.0317. The van der Waals surface area contributed by atoms with Gasteiger partial charge in [0.25, 0.3) is 11.5 Å². The average Bonchev–Trinajstić information content (AvgIpc) is 3.14. The third-order valence-corrected chi connectivity index (χ3v) is 3.58. The van der Waals surface area contributed by atoms with Gasteiger partial charge in [-0.05, 0) is 29.8 Å². The van der Waals surface area contributed by atoms with Crippen molar-refractivity contribution >= 4 is 5.91 Å². The number of aliphatic hydroxyl groups excluding tert-OH is 1. The Morgan fingerprint density at radius 2 is 1.92 bits per heavy atom. The molecule has 3 aromatic rings. The van der Waals surface area contributed by atoms with Gasteiger partial charge in [-0.1, -0.05) is 30.3 Å². The van der Waals surface area contributed by atoms with E-state index in [4.69, 9.17) is 4.42 Å². The molecule has 0 unspecified atom stereocenters. The second-order valence-electron chi connectivity index (χ2n) is 5.23. The molecule has 1 atom stereocenters. The summed E-state index contributed by atoms with van der Waals surface area (Å²) in [4.78, 5) is 26.8. The molecule has 0 radical (unpaired) electrons. The van der Waals surface area contributed by atoms with Crippen molar-refractivity contribution in [1.29, 1.82) is 0 Å². The van der Waals surface area contributed by atoms with Crippen LogP contribution >= 0.6 is 0 Å². The number of carbonyl (C=O) groups excluding carboxylic acids is 1. The quantitative estimate of drug-likeness (QED) is 0.670. The highest BCUT2D eigenvalue weighted by atomic mass is 16.3. The maximum atomic E-state index is 12.1. The zero-order chi connectivity index (χ0) is 16.9. The molecule has 0 spiro atoms. The number of amides is 1. The number of pyridine rings is 1.